The van der Waals surface area contributed by atoms with Crippen molar-refractivity contribution in [2.45, 2.75) is 213 Å². The maximum Gasteiger partial charge on any atom is 0.312 e. The molecule has 35 heteroatoms. The number of hydrogen-bond donors (Lipinski definition) is 4. The number of pyridine rings is 2. The van der Waals surface area contributed by atoms with E-state index in [4.69, 9.17) is 60.8 Å². The number of carbonyl (C=O) groups excluding carboxylic acids is 7. The quantitative estimate of drug-likeness (QED) is 0.0136. The molecule has 4 aromatic heterocycles. The third-order valence-corrected chi connectivity index (χ3v) is 29.5. The van der Waals surface area contributed by atoms with Crippen molar-refractivity contribution < 1.29 is 84.5 Å². The van der Waals surface area contributed by atoms with E-state index >= 15 is 0 Å². The number of H-pyrrole nitrogens is 1. The molecule has 6 aliphatic carbocycles. The minimum atomic E-state index is -4.23. The Morgan fingerprint density at radius 3 is 1.59 bits per heavy atom. The van der Waals surface area contributed by atoms with Crippen LogP contribution in [0.3, 0.4) is 0 Å². The van der Waals surface area contributed by atoms with E-state index in [1.807, 2.05) is 69.2 Å². The number of aromatic nitrogens is 6. The number of ether oxygens (including phenoxy) is 6. The van der Waals surface area contributed by atoms with Crippen LogP contribution < -0.4 is 30.3 Å². The number of likely N-dealkylation sites (tertiary alicyclic amines) is 2. The fourth-order valence-corrected chi connectivity index (χ4v) is 21.5. The van der Waals surface area contributed by atoms with Gasteiger partial charge in [-0.15, -0.1) is 33.6 Å². The predicted octanol–water partition coefficient (Wildman–Crippen LogP) is 15.6. The first kappa shape index (κ1) is 92.7. The van der Waals surface area contributed by atoms with E-state index in [0.29, 0.717) is 117 Å². The summed E-state index contributed by atoms with van der Waals surface area (Å²) in [6.45, 7) is 26.7. The molecule has 2 aliphatic heterocycles. The van der Waals surface area contributed by atoms with E-state index in [1.54, 1.807) is 54.6 Å². The van der Waals surface area contributed by atoms with Crippen molar-refractivity contribution in [3.05, 3.63) is 111 Å². The van der Waals surface area contributed by atoms with Crippen molar-refractivity contribution in [2.24, 2.45) is 69.0 Å². The van der Waals surface area contributed by atoms with Gasteiger partial charge in [0.25, 0.3) is 10.1 Å². The average Bonchev–Trinajstić information content (AvgIpc) is 1.58. The van der Waals surface area contributed by atoms with Crippen LogP contribution in [0.5, 0.6) is 17.2 Å². The summed E-state index contributed by atoms with van der Waals surface area (Å²) in [6, 6.07) is 14.4. The van der Waals surface area contributed by atoms with E-state index in [0.717, 1.165) is 25.7 Å². The lowest BCUT2D eigenvalue weighted by molar-refractivity contribution is -0.157. The lowest BCUT2D eigenvalue weighted by Gasteiger charge is -2.35. The Balaban J connectivity index is 0.000000173. The van der Waals surface area contributed by atoms with Gasteiger partial charge in [-0.3, -0.25) is 47.3 Å². The van der Waals surface area contributed by atoms with E-state index in [1.165, 1.54) is 84.8 Å². The maximum absolute atomic E-state index is 14.7. The van der Waals surface area contributed by atoms with Gasteiger partial charge in [0.1, 0.15) is 51.3 Å². The number of ketones is 2. The molecule has 29 nitrogen and oxygen atoms in total. The van der Waals surface area contributed by atoms with Gasteiger partial charge in [-0.25, -0.2) is 4.98 Å². The predicted molar refractivity (Wildman–Crippen MR) is 473 cm³/mol. The Labute approximate surface area is 746 Å². The molecule has 16 atom stereocenters. The van der Waals surface area contributed by atoms with Crippen LogP contribution in [0.15, 0.2) is 100 Å². The van der Waals surface area contributed by atoms with Crippen molar-refractivity contribution in [1.29, 1.82) is 0 Å². The van der Waals surface area contributed by atoms with E-state index in [2.05, 4.69) is 65.1 Å². The summed E-state index contributed by atoms with van der Waals surface area (Å²) in [4.78, 5) is 132. The molecule has 0 spiro atoms. The Morgan fingerprint density at radius 2 is 1.10 bits per heavy atom. The second kappa shape index (κ2) is 37.1. The number of benzene rings is 3. The number of nitrogens with zero attached hydrogens (tertiary/aromatic N) is 7. The molecule has 666 valence electrons. The molecule has 7 aromatic rings. The van der Waals surface area contributed by atoms with E-state index < -0.39 is 103 Å². The summed E-state index contributed by atoms with van der Waals surface area (Å²) >= 11 is 19.1. The van der Waals surface area contributed by atoms with Crippen LogP contribution in [0.25, 0.3) is 43.2 Å². The molecule has 0 bridgehead atoms. The number of carbonyl (C=O) groups is 8. The van der Waals surface area contributed by atoms with Gasteiger partial charge in [-0.1, -0.05) is 115 Å². The highest BCUT2D eigenvalue weighted by Crippen LogP contribution is 2.59. The largest absolute Gasteiger partial charge is 0.495 e. The number of allylic oxidation sites excluding steroid dienone is 2. The lowest BCUT2D eigenvalue weighted by Crippen LogP contribution is -2.48. The summed E-state index contributed by atoms with van der Waals surface area (Å²) in [7, 11) is 0.0798. The molecule has 2 saturated heterocycles. The zero-order valence-electron chi connectivity index (χ0n) is 71.7. The van der Waals surface area contributed by atoms with Gasteiger partial charge < -0.3 is 58.9 Å². The number of carboxylic acids is 1. The highest BCUT2D eigenvalue weighted by atomic mass is 79.9. The van der Waals surface area contributed by atoms with Crippen LogP contribution in [-0.4, -0.2) is 184 Å². The first-order valence-corrected chi connectivity index (χ1v) is 46.4. The summed E-state index contributed by atoms with van der Waals surface area (Å²) in [5, 5.41) is 37.6. The normalized spacial score (nSPS) is 25.6. The summed E-state index contributed by atoms with van der Waals surface area (Å²) in [5.41, 5.74) is -1.84. The smallest absolute Gasteiger partial charge is 0.312 e. The summed E-state index contributed by atoms with van der Waals surface area (Å²) in [5.74, 6) is -2.47. The summed E-state index contributed by atoms with van der Waals surface area (Å²) in [6.07, 6.45) is 7.01. The van der Waals surface area contributed by atoms with Crippen LogP contribution in [-0.2, 0) is 66.9 Å². The molecule has 124 heavy (non-hydrogen) atoms. The number of carboxylic acid groups (broad SMARTS) is 1. The SMILES string of the molecule is C=C[C@@H]1C[C@]1(CC(=O)[C@@H]1C[C@@H](Oc2cc(-c3nnc(NC(C)C)s3)nc3c(Cl)c(OC)ccc23)CN1C(=O)[C@@H](CC(=O)OC1C[C@@H]2C[C@@H]2C1)C(C)(C)C)C(=O)O.C=C[C@@H]1C[C@]1(CC(=O)[C@@H]1C[C@H](OS(=O)(=O)c2ccc(Br)cc2)CN1C(=O)[C@@H](CC(=O)OC1C[C@@H]2C[C@@H]2C1)C(C)(C)C)C(=O)OC.COc1ccc2c(=O)cc(-c3nnc(NC(C)C)s3)[nH]c2c1Cl. The Bertz CT molecular complexity index is 5460. The zero-order valence-corrected chi connectivity index (χ0v) is 77.2. The molecule has 6 heterocycles. The zero-order chi connectivity index (χ0) is 89.7. The number of Topliss-reactive ketones (excluding diaryl/α,β-unsaturated/α-hetero) is 2. The van der Waals surface area contributed by atoms with Crippen LogP contribution in [0.1, 0.15) is 159 Å². The van der Waals surface area contributed by atoms with Gasteiger partial charge in [-0.05, 0) is 174 Å². The number of amides is 2. The Kier molecular flexibility index (Phi) is 27.8. The monoisotopic (exact) mass is 1860 g/mol. The van der Waals surface area contributed by atoms with Crippen molar-refractivity contribution in [3.8, 4) is 38.7 Å². The number of hydrogen-bond acceptors (Lipinski definition) is 27. The van der Waals surface area contributed by atoms with Crippen LogP contribution >= 0.6 is 61.8 Å². The van der Waals surface area contributed by atoms with Crippen molar-refractivity contribution in [1.82, 2.24) is 40.2 Å². The average molecular weight is 1870 g/mol. The van der Waals surface area contributed by atoms with Gasteiger partial charge in [0.2, 0.25) is 22.1 Å². The fourth-order valence-electron chi connectivity index (χ4n) is 17.9. The maximum atomic E-state index is 14.7. The molecule has 8 aliphatic rings. The first-order chi connectivity index (χ1) is 58.6. The summed E-state index contributed by atoms with van der Waals surface area (Å²) < 4.78 is 66.7. The number of aliphatic carboxylic acids is 1. The Morgan fingerprint density at radius 1 is 0.629 bits per heavy atom. The molecule has 3 aromatic carbocycles. The van der Waals surface area contributed by atoms with Gasteiger partial charge in [-0.2, -0.15) is 8.42 Å². The minimum Gasteiger partial charge on any atom is -0.495 e. The molecular weight excluding hydrogens is 1760 g/mol. The van der Waals surface area contributed by atoms with Gasteiger partial charge in [0, 0.05) is 71.7 Å². The fraction of sp³-hybridized carbons (Fsp3) is 0.551. The molecule has 2 unspecified atom stereocenters. The standard InChI is InChI=1S/C41H50ClN5O8S.C33H42BrNO9S.C15H15ClN4O2S/c1-8-23-17-41(23,38(51)52)18-30(48)29-14-25(19-47(29)37(50)27(40(4,5)6)15-33(49)55-24-12-21-11-22(21)13-24)54-32-16-28(36-45-46-39(56-36)43-20(2)3)44-35-26(32)9-10-31(53-7)34(35)42;1-6-21-16-33(21,31(39)42-5)17-28(36)27-14-24(44-45(40,41)25-9-7-22(34)8-10-25)18-35(27)30(38)26(32(2,3)4)15-29(37)43-23-12-19-11-20(19)13-23;1-7(2)17-15-20-19-14(23-15)9-6-10(21)8-4-5-11(22-3)12(16)13(8)18-9/h8-10,16,20-25,27,29H,1,11-15,17-19H2,2-7H3,(H,43,46)(H,51,52);6-10,19-21,23-24,26-27H,1,11-18H2,2-5H3;4-7H,1-3H3,(H,17,20)(H,18,21)/t21-,22+,23-,24?,25-,27-,29+,41-;19-,20+,21-,23?,24+,26-,27+,33-;/m11./s1. The van der Waals surface area contributed by atoms with Crippen molar-refractivity contribution in [3.63, 3.8) is 0 Å². The number of anilines is 2. The molecule has 8 fully saturated rings. The van der Waals surface area contributed by atoms with Crippen molar-refractivity contribution >= 4 is 151 Å². The second-order valence-corrected chi connectivity index (χ2v) is 41.9. The highest BCUT2D eigenvalue weighted by Gasteiger charge is 2.63. The number of esters is 3. The van der Waals surface area contributed by atoms with E-state index in [9.17, 15) is 56.7 Å². The molecule has 2 amide bonds. The number of halogens is 3. The second-order valence-electron chi connectivity index (χ2n) is 36.7. The molecule has 15 rings (SSSR count). The van der Waals surface area contributed by atoms with Gasteiger partial charge in [0.05, 0.1) is 103 Å². The van der Waals surface area contributed by atoms with Crippen LogP contribution in [0.2, 0.25) is 10.0 Å². The van der Waals surface area contributed by atoms with Crippen molar-refractivity contribution in [2.75, 3.05) is 45.1 Å². The number of nitrogens with one attached hydrogen (secondary N) is 3. The number of aromatic amines is 1. The lowest BCUT2D eigenvalue weighted by atomic mass is 9.77. The molecule has 4 N–H and O–H groups in total. The van der Waals surface area contributed by atoms with E-state index in [-0.39, 0.29) is 115 Å². The first-order valence-electron chi connectivity index (χ1n) is 41.8. The molecular formula is C89H107BrCl2N10O19S3. The number of methoxy groups -OCH3 is 3. The number of rotatable bonds is 31. The third kappa shape index (κ3) is 20.7. The molecule has 0 radical (unpaired) electrons. The Hall–Kier alpha value is -8.99. The minimum absolute atomic E-state index is 0.0259. The third-order valence-electron chi connectivity index (χ3n) is 25.1. The molecule has 6 saturated carbocycles. The van der Waals surface area contributed by atoms with Gasteiger partial charge in [0.15, 0.2) is 27.0 Å². The highest BCUT2D eigenvalue weighted by molar-refractivity contribution is 9.10. The topological polar surface area (TPSA) is 383 Å². The van der Waals surface area contributed by atoms with Crippen LogP contribution in [0.4, 0.5) is 10.3 Å². The van der Waals surface area contributed by atoms with Gasteiger partial charge >= 0.3 is 23.9 Å². The van der Waals surface area contributed by atoms with Crippen LogP contribution in [0, 0.1) is 69.0 Å². The number of fused-ring (bicyclic) bond motifs is 4.